The molecule has 1 unspecified atom stereocenters. The van der Waals surface area contributed by atoms with E-state index < -0.39 is 0 Å². The van der Waals surface area contributed by atoms with Crippen LogP contribution >= 0.6 is 0 Å². The Bertz CT molecular complexity index is 884. The molecule has 3 nitrogen and oxygen atoms in total. The molecule has 0 radical (unpaired) electrons. The van der Waals surface area contributed by atoms with Crippen LogP contribution < -0.4 is 5.17 Å². The minimum Gasteiger partial charge on any atom is -0.238 e. The van der Waals surface area contributed by atoms with Crippen molar-refractivity contribution in [3.8, 4) is 0 Å². The monoisotopic (exact) mass is 300 g/mol. The molecule has 0 amide bonds. The van der Waals surface area contributed by atoms with Gasteiger partial charge in [0.1, 0.15) is 6.10 Å². The van der Waals surface area contributed by atoms with Gasteiger partial charge in [-0.05, 0) is 34.0 Å². The van der Waals surface area contributed by atoms with Crippen molar-refractivity contribution in [1.82, 2.24) is 0 Å². The predicted octanol–water partition coefficient (Wildman–Crippen LogP) is 4.96. The maximum atomic E-state index is 5.94. The normalized spacial score (nSPS) is 16.9. The number of nitrogens with zero attached hydrogens (tertiary/aromatic N) is 2. The van der Waals surface area contributed by atoms with Crippen LogP contribution in [0.3, 0.4) is 0 Å². The Balaban J connectivity index is 1.57. The van der Waals surface area contributed by atoms with E-state index in [9.17, 15) is 0 Å². The number of benzene rings is 3. The van der Waals surface area contributed by atoms with E-state index in [0.717, 1.165) is 16.8 Å². The zero-order valence-electron chi connectivity index (χ0n) is 12.6. The molecule has 0 fully saturated rings. The van der Waals surface area contributed by atoms with Gasteiger partial charge in [0.15, 0.2) is 0 Å². The van der Waals surface area contributed by atoms with Gasteiger partial charge in [0.05, 0.1) is 11.9 Å². The highest BCUT2D eigenvalue weighted by molar-refractivity contribution is 5.86. The highest BCUT2D eigenvalue weighted by atomic mass is 16.7. The lowest BCUT2D eigenvalue weighted by molar-refractivity contribution is 0.0986. The van der Waals surface area contributed by atoms with Crippen LogP contribution in [0.1, 0.15) is 17.2 Å². The van der Waals surface area contributed by atoms with E-state index in [1.165, 1.54) is 10.8 Å². The number of rotatable bonds is 3. The van der Waals surface area contributed by atoms with E-state index in [2.05, 4.69) is 35.9 Å². The van der Waals surface area contributed by atoms with Gasteiger partial charge in [-0.3, -0.25) is 0 Å². The number of hydrazone groups is 1. The lowest BCUT2D eigenvalue weighted by Gasteiger charge is -2.16. The van der Waals surface area contributed by atoms with E-state index in [-0.39, 0.29) is 6.10 Å². The molecule has 112 valence electrons. The second-order valence-electron chi connectivity index (χ2n) is 5.47. The summed E-state index contributed by atoms with van der Waals surface area (Å²) in [5.41, 5.74) is 3.09. The van der Waals surface area contributed by atoms with Gasteiger partial charge in [-0.25, -0.2) is 4.84 Å². The molecule has 1 heterocycles. The molecule has 3 aromatic rings. The van der Waals surface area contributed by atoms with E-state index >= 15 is 0 Å². The Morgan fingerprint density at radius 1 is 0.957 bits per heavy atom. The molecular formula is C20H16N2O. The number of hydrogen-bond donors (Lipinski definition) is 0. The Morgan fingerprint density at radius 3 is 2.52 bits per heavy atom. The predicted molar refractivity (Wildman–Crippen MR) is 95.3 cm³/mol. The van der Waals surface area contributed by atoms with Crippen LogP contribution in [-0.4, -0.2) is 6.21 Å². The van der Waals surface area contributed by atoms with Gasteiger partial charge in [0.25, 0.3) is 0 Å². The summed E-state index contributed by atoms with van der Waals surface area (Å²) in [7, 11) is 0. The molecule has 1 aliphatic rings. The standard InChI is InChI=1S/C20H16N2O/c1-2-15-7-9-17(10-8-15)20-14-21-22(23-20)19-12-11-16-5-3-4-6-18(16)13-19/h2-14,20H,1H2. The molecule has 3 aromatic carbocycles. The minimum atomic E-state index is -0.166. The Kier molecular flexibility index (Phi) is 3.41. The third kappa shape index (κ3) is 2.62. The molecule has 0 N–H and O–H groups in total. The zero-order chi connectivity index (χ0) is 15.6. The van der Waals surface area contributed by atoms with Gasteiger partial charge in [-0.1, -0.05) is 67.3 Å². The third-order valence-electron chi connectivity index (χ3n) is 3.97. The van der Waals surface area contributed by atoms with Crippen LogP contribution in [-0.2, 0) is 4.84 Å². The highest BCUT2D eigenvalue weighted by Gasteiger charge is 2.21. The molecule has 0 bridgehead atoms. The number of hydrogen-bond acceptors (Lipinski definition) is 3. The SMILES string of the molecule is C=Cc1ccc(C2C=NN(c3ccc4ccccc4c3)O2)cc1. The van der Waals surface area contributed by atoms with Crippen molar-refractivity contribution in [3.63, 3.8) is 0 Å². The van der Waals surface area contributed by atoms with Crippen LogP contribution in [0.25, 0.3) is 16.8 Å². The second kappa shape index (κ2) is 5.71. The van der Waals surface area contributed by atoms with Gasteiger partial charge < -0.3 is 0 Å². The Hall–Kier alpha value is -2.91. The first-order valence-electron chi connectivity index (χ1n) is 7.56. The summed E-state index contributed by atoms with van der Waals surface area (Å²) in [6.07, 6.45) is 3.48. The van der Waals surface area contributed by atoms with E-state index in [1.54, 1.807) is 5.17 Å². The van der Waals surface area contributed by atoms with Crippen LogP contribution in [0.2, 0.25) is 0 Å². The lowest BCUT2D eigenvalue weighted by atomic mass is 10.1. The first-order chi connectivity index (χ1) is 11.3. The molecule has 0 aliphatic carbocycles. The van der Waals surface area contributed by atoms with Crippen LogP contribution in [0.15, 0.2) is 78.4 Å². The maximum absolute atomic E-state index is 5.94. The first-order valence-corrected chi connectivity index (χ1v) is 7.56. The van der Waals surface area contributed by atoms with Crippen LogP contribution in [0, 0.1) is 0 Å². The van der Waals surface area contributed by atoms with Crippen molar-refractivity contribution < 1.29 is 4.84 Å². The summed E-state index contributed by atoms with van der Waals surface area (Å²) in [5.74, 6) is 0. The van der Waals surface area contributed by atoms with Crippen molar-refractivity contribution in [2.75, 3.05) is 5.17 Å². The molecular weight excluding hydrogens is 284 g/mol. The summed E-state index contributed by atoms with van der Waals surface area (Å²) in [5, 5.41) is 8.33. The first kappa shape index (κ1) is 13.7. The average Bonchev–Trinajstić information content (AvgIpc) is 3.11. The average molecular weight is 300 g/mol. The largest absolute Gasteiger partial charge is 0.238 e. The van der Waals surface area contributed by atoms with Crippen molar-refractivity contribution >= 4 is 28.8 Å². The summed E-state index contributed by atoms with van der Waals surface area (Å²) in [6.45, 7) is 3.77. The molecule has 23 heavy (non-hydrogen) atoms. The van der Waals surface area contributed by atoms with Crippen molar-refractivity contribution in [2.24, 2.45) is 5.10 Å². The highest BCUT2D eigenvalue weighted by Crippen LogP contribution is 2.29. The fraction of sp³-hybridized carbons (Fsp3) is 0.0500. The van der Waals surface area contributed by atoms with Crippen molar-refractivity contribution in [2.45, 2.75) is 6.10 Å². The van der Waals surface area contributed by atoms with Gasteiger partial charge in [0, 0.05) is 0 Å². The molecule has 0 saturated carbocycles. The second-order valence-corrected chi connectivity index (χ2v) is 5.47. The van der Waals surface area contributed by atoms with Gasteiger partial charge in [-0.15, -0.1) is 5.17 Å². The van der Waals surface area contributed by atoms with E-state index in [1.807, 2.05) is 54.8 Å². The Labute approximate surface area is 135 Å². The lowest BCUT2D eigenvalue weighted by Crippen LogP contribution is -2.13. The molecule has 1 atom stereocenters. The minimum absolute atomic E-state index is 0.166. The Morgan fingerprint density at radius 2 is 1.74 bits per heavy atom. The molecule has 0 saturated heterocycles. The fourth-order valence-electron chi connectivity index (χ4n) is 2.68. The van der Waals surface area contributed by atoms with Crippen molar-refractivity contribution in [3.05, 3.63) is 84.4 Å². The maximum Gasteiger partial charge on any atom is 0.150 e. The van der Waals surface area contributed by atoms with Gasteiger partial charge in [0.2, 0.25) is 0 Å². The van der Waals surface area contributed by atoms with Crippen LogP contribution in [0.5, 0.6) is 0 Å². The van der Waals surface area contributed by atoms with Gasteiger partial charge in [-0.2, -0.15) is 5.10 Å². The summed E-state index contributed by atoms with van der Waals surface area (Å²) in [4.78, 5) is 5.94. The topological polar surface area (TPSA) is 24.8 Å². The van der Waals surface area contributed by atoms with Gasteiger partial charge >= 0.3 is 0 Å². The quantitative estimate of drug-likeness (QED) is 0.683. The number of anilines is 1. The van der Waals surface area contributed by atoms with E-state index in [4.69, 9.17) is 4.84 Å². The van der Waals surface area contributed by atoms with Crippen molar-refractivity contribution in [1.29, 1.82) is 0 Å². The molecule has 3 heteroatoms. The summed E-state index contributed by atoms with van der Waals surface area (Å²) >= 11 is 0. The molecule has 0 aromatic heterocycles. The zero-order valence-corrected chi connectivity index (χ0v) is 12.6. The molecule has 0 spiro atoms. The molecule has 1 aliphatic heterocycles. The fourth-order valence-corrected chi connectivity index (χ4v) is 2.68. The van der Waals surface area contributed by atoms with E-state index in [0.29, 0.717) is 0 Å². The molecule has 4 rings (SSSR count). The number of fused-ring (bicyclic) bond motifs is 1. The summed E-state index contributed by atoms with van der Waals surface area (Å²) < 4.78 is 0. The smallest absolute Gasteiger partial charge is 0.150 e. The van der Waals surface area contributed by atoms with Crippen LogP contribution in [0.4, 0.5) is 5.69 Å². The summed E-state index contributed by atoms with van der Waals surface area (Å²) in [6, 6.07) is 22.6. The third-order valence-corrected chi connectivity index (χ3v) is 3.97.